The molecule has 0 radical (unpaired) electrons. The second kappa shape index (κ2) is 5.19. The van der Waals surface area contributed by atoms with Gasteiger partial charge >= 0.3 is 5.97 Å². The molecule has 0 spiro atoms. The highest BCUT2D eigenvalue weighted by atomic mass is 16.5. The van der Waals surface area contributed by atoms with E-state index in [1.807, 2.05) is 4.90 Å². The Bertz CT molecular complexity index is 164. The fourth-order valence-corrected chi connectivity index (χ4v) is 1.74. The number of hydrogen-bond acceptors (Lipinski definition) is 3. The summed E-state index contributed by atoms with van der Waals surface area (Å²) in [7, 11) is 1.71. The summed E-state index contributed by atoms with van der Waals surface area (Å²) in [5.74, 6) is -0.111. The first-order valence-corrected chi connectivity index (χ1v) is 4.65. The molecule has 1 rings (SSSR count). The van der Waals surface area contributed by atoms with E-state index >= 15 is 0 Å². The lowest BCUT2D eigenvalue weighted by Gasteiger charge is -2.30. The Morgan fingerprint density at radius 1 is 1.54 bits per heavy atom. The van der Waals surface area contributed by atoms with Gasteiger partial charge in [-0.15, -0.1) is 0 Å². The number of carboxylic acid groups (broad SMARTS) is 1. The van der Waals surface area contributed by atoms with E-state index < -0.39 is 5.97 Å². The lowest BCUT2D eigenvalue weighted by atomic mass is 9.98. The third kappa shape index (κ3) is 3.74. The highest BCUT2D eigenvalue weighted by Gasteiger charge is 2.19. The molecule has 1 heterocycles. The first kappa shape index (κ1) is 10.5. The van der Waals surface area contributed by atoms with Gasteiger partial charge in [-0.3, -0.25) is 9.69 Å². The average molecular weight is 187 g/mol. The van der Waals surface area contributed by atoms with Crippen LogP contribution >= 0.6 is 0 Å². The van der Waals surface area contributed by atoms with Gasteiger partial charge in [-0.25, -0.2) is 0 Å². The molecule has 1 aliphatic rings. The first-order chi connectivity index (χ1) is 6.22. The van der Waals surface area contributed by atoms with Crippen molar-refractivity contribution in [2.45, 2.75) is 12.8 Å². The zero-order valence-electron chi connectivity index (χ0n) is 8.03. The highest BCUT2D eigenvalue weighted by molar-refractivity contribution is 5.69. The molecule has 0 aromatic heterocycles. The van der Waals surface area contributed by atoms with Gasteiger partial charge < -0.3 is 9.84 Å². The van der Waals surface area contributed by atoms with Crippen LogP contribution in [0.2, 0.25) is 0 Å². The molecule has 0 aromatic rings. The second-order valence-electron chi connectivity index (χ2n) is 3.57. The van der Waals surface area contributed by atoms with Crippen LogP contribution in [0.15, 0.2) is 0 Å². The number of hydrogen-bond donors (Lipinski definition) is 1. The molecular weight excluding hydrogens is 170 g/mol. The van der Waals surface area contributed by atoms with Gasteiger partial charge in [0.05, 0.1) is 6.54 Å². The SMILES string of the molecule is COCC1CCN(CC(=O)O)CC1. The summed E-state index contributed by atoms with van der Waals surface area (Å²) in [6.45, 7) is 2.77. The molecule has 0 aromatic carbocycles. The van der Waals surface area contributed by atoms with Crippen molar-refractivity contribution < 1.29 is 14.6 Å². The van der Waals surface area contributed by atoms with Gasteiger partial charge in [0.25, 0.3) is 0 Å². The zero-order valence-corrected chi connectivity index (χ0v) is 8.03. The smallest absolute Gasteiger partial charge is 0.317 e. The summed E-state index contributed by atoms with van der Waals surface area (Å²) in [5.41, 5.74) is 0. The highest BCUT2D eigenvalue weighted by Crippen LogP contribution is 2.16. The average Bonchev–Trinajstić information content (AvgIpc) is 2.08. The van der Waals surface area contributed by atoms with Gasteiger partial charge in [0.1, 0.15) is 0 Å². The van der Waals surface area contributed by atoms with Crippen LogP contribution in [0.4, 0.5) is 0 Å². The number of carboxylic acids is 1. The summed E-state index contributed by atoms with van der Waals surface area (Å²) >= 11 is 0. The van der Waals surface area contributed by atoms with E-state index in [2.05, 4.69) is 0 Å². The van der Waals surface area contributed by atoms with E-state index in [0.717, 1.165) is 32.5 Å². The molecule has 0 bridgehead atoms. The van der Waals surface area contributed by atoms with Crippen LogP contribution in [0.1, 0.15) is 12.8 Å². The van der Waals surface area contributed by atoms with Gasteiger partial charge in [-0.2, -0.15) is 0 Å². The number of aliphatic carboxylic acids is 1. The molecule has 0 unspecified atom stereocenters. The predicted octanol–water partition coefficient (Wildman–Crippen LogP) is 0.429. The van der Waals surface area contributed by atoms with E-state index in [1.165, 1.54) is 0 Å². The Kier molecular flexibility index (Phi) is 4.18. The van der Waals surface area contributed by atoms with Gasteiger partial charge in [0.15, 0.2) is 0 Å². The normalized spacial score (nSPS) is 20.4. The topological polar surface area (TPSA) is 49.8 Å². The predicted molar refractivity (Wildman–Crippen MR) is 48.7 cm³/mol. The van der Waals surface area contributed by atoms with Crippen molar-refractivity contribution in [1.29, 1.82) is 0 Å². The number of rotatable bonds is 4. The summed E-state index contributed by atoms with van der Waals surface area (Å²) in [6.07, 6.45) is 2.11. The van der Waals surface area contributed by atoms with Crippen molar-refractivity contribution in [2.24, 2.45) is 5.92 Å². The van der Waals surface area contributed by atoms with Gasteiger partial charge in [-0.05, 0) is 31.8 Å². The Morgan fingerprint density at radius 2 is 2.15 bits per heavy atom. The quantitative estimate of drug-likeness (QED) is 0.693. The Labute approximate surface area is 78.5 Å². The minimum absolute atomic E-state index is 0.180. The van der Waals surface area contributed by atoms with E-state index in [9.17, 15) is 4.79 Å². The standard InChI is InChI=1S/C9H17NO3/c1-13-7-8-2-4-10(5-3-8)6-9(11)12/h8H,2-7H2,1H3,(H,11,12). The maximum Gasteiger partial charge on any atom is 0.317 e. The first-order valence-electron chi connectivity index (χ1n) is 4.65. The van der Waals surface area contributed by atoms with E-state index in [4.69, 9.17) is 9.84 Å². The van der Waals surface area contributed by atoms with Crippen molar-refractivity contribution in [3.8, 4) is 0 Å². The summed E-state index contributed by atoms with van der Waals surface area (Å²) in [5, 5.41) is 8.57. The molecule has 13 heavy (non-hydrogen) atoms. The zero-order chi connectivity index (χ0) is 9.68. The lowest BCUT2D eigenvalue weighted by molar-refractivity contribution is -0.138. The summed E-state index contributed by atoms with van der Waals surface area (Å²) in [4.78, 5) is 12.4. The summed E-state index contributed by atoms with van der Waals surface area (Å²) < 4.78 is 5.06. The van der Waals surface area contributed by atoms with Crippen molar-refractivity contribution in [3.63, 3.8) is 0 Å². The van der Waals surface area contributed by atoms with Crippen LogP contribution in [0.3, 0.4) is 0 Å². The monoisotopic (exact) mass is 187 g/mol. The Morgan fingerprint density at radius 3 is 2.62 bits per heavy atom. The van der Waals surface area contributed by atoms with E-state index in [1.54, 1.807) is 7.11 Å². The third-order valence-electron chi connectivity index (χ3n) is 2.47. The van der Waals surface area contributed by atoms with Crippen LogP contribution in [-0.4, -0.2) is 49.3 Å². The van der Waals surface area contributed by atoms with Crippen molar-refractivity contribution in [2.75, 3.05) is 33.4 Å². The molecular formula is C9H17NO3. The number of ether oxygens (including phenoxy) is 1. The fraction of sp³-hybridized carbons (Fsp3) is 0.889. The lowest BCUT2D eigenvalue weighted by Crippen LogP contribution is -2.38. The fourth-order valence-electron chi connectivity index (χ4n) is 1.74. The van der Waals surface area contributed by atoms with Crippen LogP contribution < -0.4 is 0 Å². The minimum Gasteiger partial charge on any atom is -0.480 e. The molecule has 76 valence electrons. The molecule has 4 heteroatoms. The van der Waals surface area contributed by atoms with Crippen LogP contribution in [0, 0.1) is 5.92 Å². The minimum atomic E-state index is -0.731. The van der Waals surface area contributed by atoms with Crippen LogP contribution in [0.25, 0.3) is 0 Å². The molecule has 1 saturated heterocycles. The number of methoxy groups -OCH3 is 1. The second-order valence-corrected chi connectivity index (χ2v) is 3.57. The van der Waals surface area contributed by atoms with Gasteiger partial charge in [0.2, 0.25) is 0 Å². The molecule has 1 N–H and O–H groups in total. The largest absolute Gasteiger partial charge is 0.480 e. The number of nitrogens with zero attached hydrogens (tertiary/aromatic N) is 1. The maximum atomic E-state index is 10.4. The Hall–Kier alpha value is -0.610. The molecule has 0 atom stereocenters. The third-order valence-corrected chi connectivity index (χ3v) is 2.47. The van der Waals surface area contributed by atoms with Gasteiger partial charge in [0, 0.05) is 13.7 Å². The summed E-state index contributed by atoms with van der Waals surface area (Å²) in [6, 6.07) is 0. The van der Waals surface area contributed by atoms with E-state index in [0.29, 0.717) is 5.92 Å². The number of carbonyl (C=O) groups is 1. The molecule has 0 saturated carbocycles. The molecule has 0 amide bonds. The van der Waals surface area contributed by atoms with Crippen LogP contribution in [0.5, 0.6) is 0 Å². The molecule has 1 aliphatic heterocycles. The molecule has 0 aliphatic carbocycles. The molecule has 1 fully saturated rings. The Balaban J connectivity index is 2.18. The van der Waals surface area contributed by atoms with E-state index in [-0.39, 0.29) is 6.54 Å². The van der Waals surface area contributed by atoms with Gasteiger partial charge in [-0.1, -0.05) is 0 Å². The van der Waals surface area contributed by atoms with Crippen molar-refractivity contribution in [3.05, 3.63) is 0 Å². The van der Waals surface area contributed by atoms with Crippen molar-refractivity contribution in [1.82, 2.24) is 4.90 Å². The molecule has 4 nitrogen and oxygen atoms in total. The van der Waals surface area contributed by atoms with Crippen LogP contribution in [-0.2, 0) is 9.53 Å². The number of piperidine rings is 1. The number of likely N-dealkylation sites (tertiary alicyclic amines) is 1. The maximum absolute atomic E-state index is 10.4. The van der Waals surface area contributed by atoms with Crippen molar-refractivity contribution >= 4 is 5.97 Å².